The Morgan fingerprint density at radius 2 is 2.00 bits per heavy atom. The van der Waals surface area contributed by atoms with Gasteiger partial charge in [0.05, 0.1) is 41.0 Å². The molecule has 2 aromatic heterocycles. The molecule has 3 aromatic rings. The van der Waals surface area contributed by atoms with Gasteiger partial charge in [0.2, 0.25) is 0 Å². The van der Waals surface area contributed by atoms with Crippen molar-refractivity contribution in [2.45, 2.75) is 38.4 Å². The molecule has 33 heavy (non-hydrogen) atoms. The van der Waals surface area contributed by atoms with Crippen LogP contribution in [0.5, 0.6) is 5.75 Å². The van der Waals surface area contributed by atoms with Gasteiger partial charge in [0, 0.05) is 25.2 Å². The highest BCUT2D eigenvalue weighted by Gasteiger charge is 2.33. The zero-order chi connectivity index (χ0) is 23.8. The summed E-state index contributed by atoms with van der Waals surface area (Å²) in [6, 6.07) is 7.32. The highest BCUT2D eigenvalue weighted by atomic mass is 32.2. The van der Waals surface area contributed by atoms with E-state index in [1.54, 1.807) is 37.4 Å². The Labute approximate surface area is 196 Å². The topological polar surface area (TPSA) is 117 Å². The van der Waals surface area contributed by atoms with Crippen LogP contribution < -0.4 is 14.8 Å². The molecule has 1 aromatic carbocycles. The molecule has 0 amide bonds. The zero-order valence-electron chi connectivity index (χ0n) is 19.4. The van der Waals surface area contributed by atoms with Crippen LogP contribution in [0.25, 0.3) is 11.4 Å². The summed E-state index contributed by atoms with van der Waals surface area (Å²) in [5.74, 6) is 1.58. The van der Waals surface area contributed by atoms with Gasteiger partial charge in [0.1, 0.15) is 11.1 Å². The number of aromatic nitrogens is 4. The van der Waals surface area contributed by atoms with Gasteiger partial charge in [-0.3, -0.25) is 9.48 Å². The minimum absolute atomic E-state index is 0.0285. The number of methoxy groups -OCH3 is 1. The fourth-order valence-corrected chi connectivity index (χ4v) is 3.87. The maximum absolute atomic E-state index is 12.9. The Balaban J connectivity index is 1.72. The zero-order valence-corrected chi connectivity index (χ0v) is 20.2. The maximum Gasteiger partial charge on any atom is 0.184 e. The number of nitrogens with one attached hydrogen (secondary N) is 2. The highest BCUT2D eigenvalue weighted by Crippen LogP contribution is 2.39. The summed E-state index contributed by atoms with van der Waals surface area (Å²) in [4.78, 5) is 21.6. The van der Waals surface area contributed by atoms with E-state index in [2.05, 4.69) is 25.1 Å². The van der Waals surface area contributed by atoms with Crippen molar-refractivity contribution in [3.05, 3.63) is 42.4 Å². The molecular formula is C23H28N6O3S. The smallest absolute Gasteiger partial charge is 0.184 e. The Morgan fingerprint density at radius 1 is 1.24 bits per heavy atom. The summed E-state index contributed by atoms with van der Waals surface area (Å²) in [7, 11) is 3.38. The second kappa shape index (κ2) is 9.03. The molecule has 1 saturated carbocycles. The van der Waals surface area contributed by atoms with E-state index in [1.807, 2.05) is 39.0 Å². The summed E-state index contributed by atoms with van der Waals surface area (Å²) in [6.45, 7) is 5.63. The summed E-state index contributed by atoms with van der Waals surface area (Å²) >= 11 is -1.36. The first kappa shape index (κ1) is 23.1. The average molecular weight is 469 g/mol. The third-order valence-corrected chi connectivity index (χ3v) is 6.71. The molecule has 0 saturated heterocycles. The van der Waals surface area contributed by atoms with Crippen LogP contribution in [0, 0.1) is 5.92 Å². The van der Waals surface area contributed by atoms with Gasteiger partial charge in [0.15, 0.2) is 23.2 Å². The van der Waals surface area contributed by atoms with E-state index in [4.69, 9.17) is 4.74 Å². The number of nitrogens with zero attached hydrogens (tertiary/aromatic N) is 4. The lowest BCUT2D eigenvalue weighted by Gasteiger charge is -2.24. The molecule has 0 bridgehead atoms. The Kier molecular flexibility index (Phi) is 6.31. The van der Waals surface area contributed by atoms with Crippen molar-refractivity contribution in [2.24, 2.45) is 13.0 Å². The van der Waals surface area contributed by atoms with Crippen LogP contribution in [0.4, 0.5) is 17.2 Å². The summed E-state index contributed by atoms with van der Waals surface area (Å²) in [5.41, 5.74) is 2.44. The number of ketones is 1. The molecule has 1 aliphatic carbocycles. The predicted octanol–water partition coefficient (Wildman–Crippen LogP) is 4.10. The van der Waals surface area contributed by atoms with Gasteiger partial charge in [0.25, 0.3) is 0 Å². The standard InChI is InChI=1S/C23H28N6O3S/c1-23(2,3)33(31)28-19-11-18(16(12-24-19)20(30)14-9-10-14)26-17-8-6-7-15(21(17)32-5)22-25-13-29(4)27-22/h6-8,11-14H,9-10H2,1-5H3,(H2,24,26,28)/t33-/m0/s1. The van der Waals surface area contributed by atoms with Crippen molar-refractivity contribution in [2.75, 3.05) is 17.1 Å². The number of rotatable bonds is 8. The van der Waals surface area contributed by atoms with E-state index >= 15 is 0 Å². The number of para-hydroxylation sites is 1. The van der Waals surface area contributed by atoms with Crippen molar-refractivity contribution in [1.29, 1.82) is 0 Å². The molecule has 2 heterocycles. The molecule has 174 valence electrons. The van der Waals surface area contributed by atoms with Crippen molar-refractivity contribution in [3.8, 4) is 17.1 Å². The molecule has 0 unspecified atom stereocenters. The second-order valence-electron chi connectivity index (χ2n) is 8.99. The van der Waals surface area contributed by atoms with Crippen molar-refractivity contribution < 1.29 is 14.1 Å². The largest absolute Gasteiger partial charge is 0.593 e. The van der Waals surface area contributed by atoms with Gasteiger partial charge in [-0.2, -0.15) is 9.82 Å². The number of pyridine rings is 1. The van der Waals surface area contributed by atoms with Gasteiger partial charge >= 0.3 is 0 Å². The van der Waals surface area contributed by atoms with Gasteiger partial charge < -0.3 is 14.6 Å². The number of hydrogen-bond donors (Lipinski definition) is 2. The first-order valence-electron chi connectivity index (χ1n) is 10.7. The fraction of sp³-hybridized carbons (Fsp3) is 0.391. The molecule has 2 N–H and O–H groups in total. The van der Waals surface area contributed by atoms with Crippen molar-refractivity contribution in [1.82, 2.24) is 19.7 Å². The highest BCUT2D eigenvalue weighted by molar-refractivity contribution is 7.94. The quantitative estimate of drug-likeness (QED) is 0.375. The number of anilines is 3. The Morgan fingerprint density at radius 3 is 2.61 bits per heavy atom. The molecule has 0 aliphatic heterocycles. The van der Waals surface area contributed by atoms with Crippen LogP contribution in [0.1, 0.15) is 44.0 Å². The van der Waals surface area contributed by atoms with E-state index in [0.29, 0.717) is 34.3 Å². The number of aryl methyl sites for hydroxylation is 1. The van der Waals surface area contributed by atoms with Gasteiger partial charge in [-0.25, -0.2) is 9.97 Å². The van der Waals surface area contributed by atoms with E-state index in [1.165, 1.54) is 0 Å². The lowest BCUT2D eigenvalue weighted by atomic mass is 10.1. The molecule has 1 aliphatic rings. The van der Waals surface area contributed by atoms with Crippen LogP contribution in [0.3, 0.4) is 0 Å². The molecule has 1 atom stereocenters. The van der Waals surface area contributed by atoms with Crippen LogP contribution in [0.15, 0.2) is 36.8 Å². The first-order chi connectivity index (χ1) is 15.7. The number of Topliss-reactive ketones (excluding diaryl/α,β-unsaturated/α-hetero) is 1. The molecular weight excluding hydrogens is 440 g/mol. The molecule has 0 radical (unpaired) electrons. The van der Waals surface area contributed by atoms with Crippen molar-refractivity contribution in [3.63, 3.8) is 0 Å². The monoisotopic (exact) mass is 468 g/mol. The van der Waals surface area contributed by atoms with Crippen LogP contribution in [-0.2, 0) is 18.4 Å². The molecule has 0 spiro atoms. The normalized spacial score (nSPS) is 14.6. The molecule has 10 heteroatoms. The van der Waals surface area contributed by atoms with Crippen LogP contribution in [0.2, 0.25) is 0 Å². The third-order valence-electron chi connectivity index (χ3n) is 5.20. The van der Waals surface area contributed by atoms with E-state index < -0.39 is 16.1 Å². The van der Waals surface area contributed by atoms with Gasteiger partial charge in [-0.05, 0) is 45.7 Å². The average Bonchev–Trinajstić information content (AvgIpc) is 3.53. The molecule has 4 rings (SSSR count). The molecule has 9 nitrogen and oxygen atoms in total. The summed E-state index contributed by atoms with van der Waals surface area (Å²) in [6.07, 6.45) is 4.94. The number of hydrogen-bond acceptors (Lipinski definition) is 8. The lowest BCUT2D eigenvalue weighted by molar-refractivity contribution is 0.0968. The predicted molar refractivity (Wildman–Crippen MR) is 129 cm³/mol. The van der Waals surface area contributed by atoms with Gasteiger partial charge in [-0.15, -0.1) is 0 Å². The van der Waals surface area contributed by atoms with Gasteiger partial charge in [-0.1, -0.05) is 6.07 Å². The molecule has 1 fully saturated rings. The summed E-state index contributed by atoms with van der Waals surface area (Å²) in [5, 5.41) is 7.71. The summed E-state index contributed by atoms with van der Waals surface area (Å²) < 4.78 is 22.4. The van der Waals surface area contributed by atoms with Crippen LogP contribution >= 0.6 is 0 Å². The fourth-order valence-electron chi connectivity index (χ4n) is 3.26. The number of carbonyl (C=O) groups is 1. The SMILES string of the molecule is COc1c(Nc2cc(N[S@@+]([O-])C(C)(C)C)ncc2C(=O)C2CC2)cccc1-c1ncn(C)n1. The third kappa shape index (κ3) is 5.12. The van der Waals surface area contributed by atoms with Crippen molar-refractivity contribution >= 4 is 34.3 Å². The number of carbonyl (C=O) groups excluding carboxylic acids is 1. The van der Waals surface area contributed by atoms with E-state index in [9.17, 15) is 9.35 Å². The Hall–Kier alpha value is -3.11. The lowest BCUT2D eigenvalue weighted by Crippen LogP contribution is -2.34. The first-order valence-corrected chi connectivity index (χ1v) is 11.8. The Bertz CT molecular complexity index is 1170. The van der Waals surface area contributed by atoms with E-state index in [-0.39, 0.29) is 11.7 Å². The minimum Gasteiger partial charge on any atom is -0.593 e. The van der Waals surface area contributed by atoms with E-state index in [0.717, 1.165) is 18.4 Å². The second-order valence-corrected chi connectivity index (χ2v) is 11.0. The number of ether oxygens (including phenoxy) is 1. The van der Waals surface area contributed by atoms with Crippen LogP contribution in [-0.4, -0.2) is 41.9 Å². The minimum atomic E-state index is -1.36. The maximum atomic E-state index is 12.9. The number of benzene rings is 1.